The van der Waals surface area contributed by atoms with Crippen LogP contribution in [0.2, 0.25) is 0 Å². The fourth-order valence-corrected chi connectivity index (χ4v) is 2.12. The Morgan fingerprint density at radius 1 is 1.00 bits per heavy atom. The Hall–Kier alpha value is -1.32. The lowest BCUT2D eigenvalue weighted by atomic mass is 9.99. The third kappa shape index (κ3) is 2.87. The molecule has 0 spiro atoms. The quantitative estimate of drug-likeness (QED) is 0.415. The Labute approximate surface area is 101 Å². The van der Waals surface area contributed by atoms with Gasteiger partial charge in [-0.2, -0.15) is 0 Å². The molecule has 0 unspecified atom stereocenters. The normalized spacial score (nSPS) is 18.8. The smallest absolute Gasteiger partial charge is 0.323 e. The maximum absolute atomic E-state index is 11.6. The lowest BCUT2D eigenvalue weighted by Gasteiger charge is -2.11. The number of hydrogen-bond donors (Lipinski definition) is 0. The van der Waals surface area contributed by atoms with Crippen molar-refractivity contribution in [2.45, 2.75) is 25.7 Å². The molecule has 4 nitrogen and oxygen atoms in total. The van der Waals surface area contributed by atoms with Gasteiger partial charge in [-0.3, -0.25) is 9.59 Å². The second-order valence-electron chi connectivity index (χ2n) is 4.74. The molecule has 94 valence electrons. The molecule has 2 saturated carbocycles. The summed E-state index contributed by atoms with van der Waals surface area (Å²) in [6.07, 6.45) is 6.50. The van der Waals surface area contributed by atoms with Gasteiger partial charge in [-0.1, -0.05) is 11.6 Å². The minimum atomic E-state index is -0.888. The summed E-state index contributed by atoms with van der Waals surface area (Å²) in [5.41, 5.74) is 1.27. The van der Waals surface area contributed by atoms with Crippen LogP contribution < -0.4 is 0 Å². The number of esters is 2. The van der Waals surface area contributed by atoms with Crippen molar-refractivity contribution in [3.8, 4) is 0 Å². The standard InChI is InChI=1S/C13H18O4/c1-16-12(14)11(13(15)17-2)7-10(8-3-4-8)9-5-6-9/h7-9,11H,3-6H2,1-2H3. The number of carbonyl (C=O) groups excluding carboxylic acids is 2. The number of methoxy groups -OCH3 is 2. The Bertz CT molecular complexity index is 320. The van der Waals surface area contributed by atoms with Crippen molar-refractivity contribution >= 4 is 11.9 Å². The molecule has 0 aromatic heterocycles. The van der Waals surface area contributed by atoms with Crippen LogP contribution in [0.4, 0.5) is 0 Å². The van der Waals surface area contributed by atoms with Gasteiger partial charge in [0.05, 0.1) is 14.2 Å². The van der Waals surface area contributed by atoms with Gasteiger partial charge in [0.1, 0.15) is 0 Å². The van der Waals surface area contributed by atoms with E-state index in [2.05, 4.69) is 9.47 Å². The Balaban J connectivity index is 2.16. The number of hydrogen-bond acceptors (Lipinski definition) is 4. The number of carbonyl (C=O) groups is 2. The monoisotopic (exact) mass is 238 g/mol. The van der Waals surface area contributed by atoms with Crippen molar-refractivity contribution in [2.75, 3.05) is 14.2 Å². The summed E-state index contributed by atoms with van der Waals surface area (Å²) in [5.74, 6) is -0.786. The summed E-state index contributed by atoms with van der Waals surface area (Å²) in [4.78, 5) is 23.1. The topological polar surface area (TPSA) is 52.6 Å². The highest BCUT2D eigenvalue weighted by atomic mass is 16.5. The van der Waals surface area contributed by atoms with E-state index < -0.39 is 17.9 Å². The zero-order valence-electron chi connectivity index (χ0n) is 10.3. The van der Waals surface area contributed by atoms with Crippen molar-refractivity contribution in [3.63, 3.8) is 0 Å². The van der Waals surface area contributed by atoms with E-state index in [1.165, 1.54) is 45.5 Å². The molecule has 2 rings (SSSR count). The molecule has 17 heavy (non-hydrogen) atoms. The molecule has 0 bridgehead atoms. The van der Waals surface area contributed by atoms with Crippen LogP contribution in [0, 0.1) is 17.8 Å². The summed E-state index contributed by atoms with van der Waals surface area (Å²) in [7, 11) is 2.58. The van der Waals surface area contributed by atoms with Crippen molar-refractivity contribution in [2.24, 2.45) is 17.8 Å². The number of rotatable bonds is 5. The van der Waals surface area contributed by atoms with Gasteiger partial charge in [-0.15, -0.1) is 0 Å². The van der Waals surface area contributed by atoms with Crippen molar-refractivity contribution in [1.29, 1.82) is 0 Å². The van der Waals surface area contributed by atoms with E-state index in [4.69, 9.17) is 0 Å². The third-order valence-corrected chi connectivity index (χ3v) is 3.37. The molecule has 0 heterocycles. The SMILES string of the molecule is COC(=O)C(C=C(C1CC1)C1CC1)C(=O)OC. The molecule has 0 atom stereocenters. The Morgan fingerprint density at radius 3 is 1.71 bits per heavy atom. The van der Waals surface area contributed by atoms with Gasteiger partial charge in [-0.25, -0.2) is 0 Å². The first kappa shape index (κ1) is 12.1. The lowest BCUT2D eigenvalue weighted by Crippen LogP contribution is -2.25. The number of ether oxygens (including phenoxy) is 2. The van der Waals surface area contributed by atoms with Crippen molar-refractivity contribution in [3.05, 3.63) is 11.6 Å². The largest absolute Gasteiger partial charge is 0.468 e. The average Bonchev–Trinajstić information content (AvgIpc) is 3.18. The first-order valence-electron chi connectivity index (χ1n) is 6.04. The van der Waals surface area contributed by atoms with Crippen LogP contribution in [0.3, 0.4) is 0 Å². The van der Waals surface area contributed by atoms with Gasteiger partial charge < -0.3 is 9.47 Å². The van der Waals surface area contributed by atoms with Crippen LogP contribution in [0.25, 0.3) is 0 Å². The van der Waals surface area contributed by atoms with Crippen LogP contribution >= 0.6 is 0 Å². The Kier molecular flexibility index (Phi) is 3.50. The van der Waals surface area contributed by atoms with Gasteiger partial charge in [0, 0.05) is 0 Å². The van der Waals surface area contributed by atoms with Crippen LogP contribution in [0.15, 0.2) is 11.6 Å². The lowest BCUT2D eigenvalue weighted by molar-refractivity contribution is -0.156. The molecular formula is C13H18O4. The first-order chi connectivity index (χ1) is 8.17. The van der Waals surface area contributed by atoms with Crippen molar-refractivity contribution in [1.82, 2.24) is 0 Å². The van der Waals surface area contributed by atoms with Crippen LogP contribution in [0.5, 0.6) is 0 Å². The van der Waals surface area contributed by atoms with Crippen molar-refractivity contribution < 1.29 is 19.1 Å². The van der Waals surface area contributed by atoms with Gasteiger partial charge in [0.15, 0.2) is 5.92 Å². The van der Waals surface area contributed by atoms with E-state index in [9.17, 15) is 9.59 Å². The molecule has 2 aliphatic carbocycles. The molecule has 0 aromatic rings. The van der Waals surface area contributed by atoms with Gasteiger partial charge in [-0.05, 0) is 37.5 Å². The van der Waals surface area contributed by atoms with E-state index in [0.29, 0.717) is 11.8 Å². The molecule has 2 aliphatic rings. The van der Waals surface area contributed by atoms with Crippen LogP contribution in [0.1, 0.15) is 25.7 Å². The predicted molar refractivity (Wildman–Crippen MR) is 61.1 cm³/mol. The summed E-state index contributed by atoms with van der Waals surface area (Å²) >= 11 is 0. The highest BCUT2D eigenvalue weighted by molar-refractivity contribution is 5.97. The molecule has 0 amide bonds. The molecule has 0 saturated heterocycles. The first-order valence-corrected chi connectivity index (χ1v) is 6.04. The Morgan fingerprint density at radius 2 is 1.41 bits per heavy atom. The zero-order chi connectivity index (χ0) is 12.4. The van der Waals surface area contributed by atoms with Gasteiger partial charge in [0.25, 0.3) is 0 Å². The average molecular weight is 238 g/mol. The predicted octanol–water partition coefficient (Wildman–Crippen LogP) is 1.70. The van der Waals surface area contributed by atoms with E-state index in [1.54, 1.807) is 6.08 Å². The molecule has 4 heteroatoms. The third-order valence-electron chi connectivity index (χ3n) is 3.37. The summed E-state index contributed by atoms with van der Waals surface area (Å²) in [6.45, 7) is 0. The fourth-order valence-electron chi connectivity index (χ4n) is 2.12. The maximum atomic E-state index is 11.6. The fraction of sp³-hybridized carbons (Fsp3) is 0.692. The molecular weight excluding hydrogens is 220 g/mol. The molecule has 0 radical (unpaired) electrons. The second kappa shape index (κ2) is 4.90. The van der Waals surface area contributed by atoms with Gasteiger partial charge >= 0.3 is 11.9 Å². The van der Waals surface area contributed by atoms with E-state index in [1.807, 2.05) is 0 Å². The van der Waals surface area contributed by atoms with Gasteiger partial charge in [0.2, 0.25) is 0 Å². The molecule has 0 N–H and O–H groups in total. The van der Waals surface area contributed by atoms with E-state index in [-0.39, 0.29) is 0 Å². The second-order valence-corrected chi connectivity index (χ2v) is 4.74. The maximum Gasteiger partial charge on any atom is 0.323 e. The summed E-state index contributed by atoms with van der Waals surface area (Å²) < 4.78 is 9.30. The summed E-state index contributed by atoms with van der Waals surface area (Å²) in [6, 6.07) is 0. The van der Waals surface area contributed by atoms with Crippen LogP contribution in [-0.2, 0) is 19.1 Å². The minimum Gasteiger partial charge on any atom is -0.468 e. The van der Waals surface area contributed by atoms with E-state index in [0.717, 1.165) is 0 Å². The zero-order valence-corrected chi connectivity index (χ0v) is 10.3. The number of allylic oxidation sites excluding steroid dienone is 1. The molecule has 0 aromatic carbocycles. The molecule has 0 aliphatic heterocycles. The van der Waals surface area contributed by atoms with E-state index >= 15 is 0 Å². The highest BCUT2D eigenvalue weighted by Gasteiger charge is 2.38. The highest BCUT2D eigenvalue weighted by Crippen LogP contribution is 2.49. The summed E-state index contributed by atoms with van der Waals surface area (Å²) in [5, 5.41) is 0. The van der Waals surface area contributed by atoms with Crippen LogP contribution in [-0.4, -0.2) is 26.2 Å². The minimum absolute atomic E-state index is 0.532. The molecule has 2 fully saturated rings.